The van der Waals surface area contributed by atoms with E-state index in [0.29, 0.717) is 23.7 Å². The Morgan fingerprint density at radius 1 is 1.43 bits per heavy atom. The van der Waals surface area contributed by atoms with Crippen molar-refractivity contribution in [3.05, 3.63) is 42.0 Å². The summed E-state index contributed by atoms with van der Waals surface area (Å²) in [5.74, 6) is -0.545. The first kappa shape index (κ1) is 13.8. The molecule has 1 fully saturated rings. The van der Waals surface area contributed by atoms with E-state index in [-0.39, 0.29) is 11.7 Å². The predicted octanol–water partition coefficient (Wildman–Crippen LogP) is 2.43. The van der Waals surface area contributed by atoms with Crippen LogP contribution in [-0.2, 0) is 11.3 Å². The zero-order valence-corrected chi connectivity index (χ0v) is 11.3. The second-order valence-corrected chi connectivity index (χ2v) is 5.19. The van der Waals surface area contributed by atoms with Crippen molar-refractivity contribution in [2.24, 2.45) is 5.92 Å². The second kappa shape index (κ2) is 5.65. The minimum Gasteiger partial charge on any atom is -0.480 e. The van der Waals surface area contributed by atoms with Crippen molar-refractivity contribution in [1.82, 2.24) is 10.3 Å². The van der Waals surface area contributed by atoms with E-state index < -0.39 is 12.0 Å². The normalized spacial score (nSPS) is 15.9. The number of nitrogens with zero attached hydrogens (tertiary/aromatic N) is 1. The highest BCUT2D eigenvalue weighted by Gasteiger charge is 2.35. The van der Waals surface area contributed by atoms with Crippen molar-refractivity contribution in [2.75, 3.05) is 0 Å². The van der Waals surface area contributed by atoms with Crippen molar-refractivity contribution in [3.63, 3.8) is 0 Å². The van der Waals surface area contributed by atoms with Gasteiger partial charge < -0.3 is 9.52 Å². The van der Waals surface area contributed by atoms with Crippen molar-refractivity contribution >= 4 is 5.97 Å². The number of benzene rings is 1. The van der Waals surface area contributed by atoms with Crippen LogP contribution >= 0.6 is 0 Å². The fraction of sp³-hybridized carbons (Fsp3) is 0.333. The maximum Gasteiger partial charge on any atom is 0.320 e. The van der Waals surface area contributed by atoms with Crippen molar-refractivity contribution in [3.8, 4) is 11.5 Å². The molecule has 1 aromatic carbocycles. The quantitative estimate of drug-likeness (QED) is 0.854. The van der Waals surface area contributed by atoms with Gasteiger partial charge in [0.15, 0.2) is 0 Å². The minimum atomic E-state index is -0.834. The number of carbonyl (C=O) groups is 1. The minimum absolute atomic E-state index is 0.214. The topological polar surface area (TPSA) is 75.4 Å². The van der Waals surface area contributed by atoms with Gasteiger partial charge in [-0.25, -0.2) is 9.37 Å². The molecule has 0 radical (unpaired) electrons. The van der Waals surface area contributed by atoms with E-state index in [2.05, 4.69) is 10.3 Å². The number of hydrogen-bond acceptors (Lipinski definition) is 4. The lowest BCUT2D eigenvalue weighted by Gasteiger charge is -2.11. The van der Waals surface area contributed by atoms with Gasteiger partial charge in [0.2, 0.25) is 5.89 Å². The summed E-state index contributed by atoms with van der Waals surface area (Å²) < 4.78 is 18.2. The fourth-order valence-corrected chi connectivity index (χ4v) is 2.21. The molecule has 1 aliphatic rings. The van der Waals surface area contributed by atoms with Crippen LogP contribution in [0.3, 0.4) is 0 Å². The van der Waals surface area contributed by atoms with Gasteiger partial charge in [0, 0.05) is 12.1 Å². The molecule has 2 aromatic rings. The second-order valence-electron chi connectivity index (χ2n) is 5.19. The SMILES string of the molecule is O=C(O)C(NCc1coc(-c2ccc(F)cc2)n1)C1CC1. The Morgan fingerprint density at radius 2 is 2.14 bits per heavy atom. The molecule has 0 bridgehead atoms. The molecule has 0 saturated heterocycles. The Labute approximate surface area is 120 Å². The molecular formula is C15H15FN2O3. The van der Waals surface area contributed by atoms with E-state index in [9.17, 15) is 9.18 Å². The Morgan fingerprint density at radius 3 is 2.76 bits per heavy atom. The number of aromatic nitrogens is 1. The van der Waals surface area contributed by atoms with Gasteiger partial charge >= 0.3 is 5.97 Å². The van der Waals surface area contributed by atoms with Gasteiger partial charge in [-0.3, -0.25) is 10.1 Å². The van der Waals surface area contributed by atoms with E-state index in [1.807, 2.05) is 0 Å². The third-order valence-corrected chi connectivity index (χ3v) is 3.51. The summed E-state index contributed by atoms with van der Waals surface area (Å²) in [6.07, 6.45) is 3.38. The molecule has 21 heavy (non-hydrogen) atoms. The van der Waals surface area contributed by atoms with E-state index >= 15 is 0 Å². The number of oxazole rings is 1. The summed E-state index contributed by atoms with van der Waals surface area (Å²) in [6.45, 7) is 0.332. The first-order valence-electron chi connectivity index (χ1n) is 6.80. The van der Waals surface area contributed by atoms with Crippen LogP contribution in [-0.4, -0.2) is 22.1 Å². The molecule has 0 spiro atoms. The van der Waals surface area contributed by atoms with E-state index in [0.717, 1.165) is 12.8 Å². The molecule has 0 amide bonds. The highest BCUT2D eigenvalue weighted by molar-refractivity contribution is 5.74. The summed E-state index contributed by atoms with van der Waals surface area (Å²) in [5, 5.41) is 12.1. The average Bonchev–Trinajstić information content (AvgIpc) is 3.18. The smallest absolute Gasteiger partial charge is 0.320 e. The van der Waals surface area contributed by atoms with E-state index in [1.165, 1.54) is 18.4 Å². The van der Waals surface area contributed by atoms with Crippen LogP contribution < -0.4 is 5.32 Å². The fourth-order valence-electron chi connectivity index (χ4n) is 2.21. The van der Waals surface area contributed by atoms with E-state index in [1.54, 1.807) is 12.1 Å². The number of carboxylic acids is 1. The third-order valence-electron chi connectivity index (χ3n) is 3.51. The van der Waals surface area contributed by atoms with Gasteiger partial charge in [0.05, 0.1) is 5.69 Å². The Bertz CT molecular complexity index is 635. The van der Waals surface area contributed by atoms with Crippen LogP contribution in [0, 0.1) is 11.7 Å². The highest BCUT2D eigenvalue weighted by Crippen LogP contribution is 2.32. The summed E-state index contributed by atoms with van der Waals surface area (Å²) in [6, 6.07) is 5.32. The molecule has 0 aliphatic heterocycles. The molecule has 2 N–H and O–H groups in total. The largest absolute Gasteiger partial charge is 0.480 e. The number of halogens is 1. The van der Waals surface area contributed by atoms with Crippen LogP contribution in [0.4, 0.5) is 4.39 Å². The predicted molar refractivity (Wildman–Crippen MR) is 72.9 cm³/mol. The molecule has 1 saturated carbocycles. The number of nitrogens with one attached hydrogen (secondary N) is 1. The number of rotatable bonds is 6. The zero-order chi connectivity index (χ0) is 14.8. The first-order chi connectivity index (χ1) is 10.1. The summed E-state index contributed by atoms with van der Waals surface area (Å²) in [7, 11) is 0. The third kappa shape index (κ3) is 3.28. The number of carboxylic acid groups (broad SMARTS) is 1. The molecular weight excluding hydrogens is 275 g/mol. The number of hydrogen-bond donors (Lipinski definition) is 2. The van der Waals surface area contributed by atoms with Crippen LogP contribution in [0.25, 0.3) is 11.5 Å². The Balaban J connectivity index is 1.64. The van der Waals surface area contributed by atoms with Crippen LogP contribution in [0.5, 0.6) is 0 Å². The van der Waals surface area contributed by atoms with Crippen LogP contribution in [0.15, 0.2) is 34.9 Å². The molecule has 1 atom stereocenters. The lowest BCUT2D eigenvalue weighted by Crippen LogP contribution is -2.38. The van der Waals surface area contributed by atoms with Gasteiger partial charge in [-0.15, -0.1) is 0 Å². The summed E-state index contributed by atoms with van der Waals surface area (Å²) in [5.41, 5.74) is 1.31. The van der Waals surface area contributed by atoms with Crippen LogP contribution in [0.2, 0.25) is 0 Å². The van der Waals surface area contributed by atoms with Crippen molar-refractivity contribution in [2.45, 2.75) is 25.4 Å². The van der Waals surface area contributed by atoms with Gasteiger partial charge in [0.1, 0.15) is 18.1 Å². The van der Waals surface area contributed by atoms with Gasteiger partial charge in [-0.1, -0.05) is 0 Å². The standard InChI is InChI=1S/C15H15FN2O3/c16-11-5-3-10(4-6-11)14-18-12(8-21-14)7-17-13(15(19)20)9-1-2-9/h3-6,8-9,13,17H,1-2,7H2,(H,19,20). The zero-order valence-electron chi connectivity index (χ0n) is 11.3. The van der Waals surface area contributed by atoms with Gasteiger partial charge in [0.25, 0.3) is 0 Å². The van der Waals surface area contributed by atoms with Crippen molar-refractivity contribution in [1.29, 1.82) is 0 Å². The molecule has 1 unspecified atom stereocenters. The maximum absolute atomic E-state index is 12.9. The van der Waals surface area contributed by atoms with E-state index in [4.69, 9.17) is 9.52 Å². The monoisotopic (exact) mass is 290 g/mol. The van der Waals surface area contributed by atoms with Crippen molar-refractivity contribution < 1.29 is 18.7 Å². The molecule has 1 aromatic heterocycles. The summed E-state index contributed by atoms with van der Waals surface area (Å²) >= 11 is 0. The lowest BCUT2D eigenvalue weighted by molar-refractivity contribution is -0.140. The molecule has 6 heteroatoms. The molecule has 5 nitrogen and oxygen atoms in total. The Kier molecular flexibility index (Phi) is 3.70. The lowest BCUT2D eigenvalue weighted by atomic mass is 10.2. The first-order valence-corrected chi connectivity index (χ1v) is 6.80. The molecule has 1 heterocycles. The Hall–Kier alpha value is -2.21. The van der Waals surface area contributed by atoms with Gasteiger partial charge in [-0.05, 0) is 43.0 Å². The van der Waals surface area contributed by atoms with Gasteiger partial charge in [-0.2, -0.15) is 0 Å². The molecule has 3 rings (SSSR count). The highest BCUT2D eigenvalue weighted by atomic mass is 19.1. The molecule has 110 valence electrons. The molecule has 1 aliphatic carbocycles. The average molecular weight is 290 g/mol. The maximum atomic E-state index is 12.9. The summed E-state index contributed by atoms with van der Waals surface area (Å²) in [4.78, 5) is 15.4. The number of aliphatic carboxylic acids is 1. The van der Waals surface area contributed by atoms with Crippen LogP contribution in [0.1, 0.15) is 18.5 Å².